The molecular weight excluding hydrogens is 228 g/mol. The molecule has 0 saturated carbocycles. The molecule has 1 amide bonds. The van der Waals surface area contributed by atoms with E-state index in [1.54, 1.807) is 0 Å². The highest BCUT2D eigenvalue weighted by Gasteiger charge is 2.21. The lowest BCUT2D eigenvalue weighted by Crippen LogP contribution is -2.30. The molecule has 3 N–H and O–H groups in total. The zero-order valence-electron chi connectivity index (χ0n) is 11.2. The Morgan fingerprint density at radius 3 is 2.94 bits per heavy atom. The number of fused-ring (bicyclic) bond motifs is 1. The Morgan fingerprint density at radius 2 is 2.22 bits per heavy atom. The van der Waals surface area contributed by atoms with Crippen LogP contribution in [0.3, 0.4) is 0 Å². The quantitative estimate of drug-likeness (QED) is 0.482. The Bertz CT molecular complexity index is 438. The van der Waals surface area contributed by atoms with E-state index in [1.165, 1.54) is 24.2 Å². The van der Waals surface area contributed by atoms with Gasteiger partial charge in [0, 0.05) is 18.2 Å². The summed E-state index contributed by atoms with van der Waals surface area (Å²) in [6.45, 7) is 4.20. The predicted molar refractivity (Wildman–Crippen MR) is 69.9 cm³/mol. The van der Waals surface area contributed by atoms with Crippen molar-refractivity contribution in [1.82, 2.24) is 15.0 Å². The minimum atomic E-state index is -0.103. The molecule has 5 nitrogen and oxygen atoms in total. The number of rotatable bonds is 4. The van der Waals surface area contributed by atoms with Gasteiger partial charge < -0.3 is 4.57 Å². The van der Waals surface area contributed by atoms with Crippen LogP contribution in [0.5, 0.6) is 0 Å². The number of aryl methyl sites for hydroxylation is 2. The van der Waals surface area contributed by atoms with E-state index in [0.29, 0.717) is 12.5 Å². The molecule has 1 heterocycles. The lowest BCUT2D eigenvalue weighted by atomic mass is 10.0. The highest BCUT2D eigenvalue weighted by atomic mass is 16.2. The fourth-order valence-electron chi connectivity index (χ4n) is 2.82. The topological polar surface area (TPSA) is 72.9 Å². The molecule has 100 valence electrons. The summed E-state index contributed by atoms with van der Waals surface area (Å²) < 4.78 is 2.30. The largest absolute Gasteiger partial charge is 0.329 e. The summed E-state index contributed by atoms with van der Waals surface area (Å²) in [5.41, 5.74) is 4.81. The maximum Gasteiger partial charge on any atom is 0.233 e. The van der Waals surface area contributed by atoms with Crippen molar-refractivity contribution in [3.8, 4) is 0 Å². The van der Waals surface area contributed by atoms with Crippen LogP contribution in [0.25, 0.3) is 0 Å². The van der Waals surface area contributed by atoms with Gasteiger partial charge in [0.15, 0.2) is 0 Å². The van der Waals surface area contributed by atoms with Gasteiger partial charge in [-0.25, -0.2) is 10.8 Å². The molecule has 0 aromatic carbocycles. The minimum absolute atomic E-state index is 0.103. The third kappa shape index (κ3) is 2.56. The van der Waals surface area contributed by atoms with Crippen LogP contribution in [0.15, 0.2) is 0 Å². The second kappa shape index (κ2) is 5.52. The van der Waals surface area contributed by atoms with Gasteiger partial charge in [0.1, 0.15) is 5.82 Å². The van der Waals surface area contributed by atoms with Gasteiger partial charge in [0.05, 0.1) is 5.69 Å². The first-order valence-electron chi connectivity index (χ1n) is 6.69. The average Bonchev–Trinajstić information content (AvgIpc) is 2.71. The number of nitrogens with zero attached hydrogens (tertiary/aromatic N) is 2. The van der Waals surface area contributed by atoms with Gasteiger partial charge in [-0.3, -0.25) is 10.2 Å². The molecule has 0 radical (unpaired) electrons. The smallest absolute Gasteiger partial charge is 0.233 e. The Morgan fingerprint density at radius 1 is 1.50 bits per heavy atom. The number of hydrogen-bond donors (Lipinski definition) is 2. The third-order valence-electron chi connectivity index (χ3n) is 3.74. The molecule has 0 fully saturated rings. The molecule has 1 aromatic heterocycles. The Kier molecular flexibility index (Phi) is 4.01. The van der Waals surface area contributed by atoms with Crippen LogP contribution >= 0.6 is 0 Å². The summed E-state index contributed by atoms with van der Waals surface area (Å²) >= 11 is 0. The predicted octanol–water partition coefficient (Wildman–Crippen LogP) is 1.40. The van der Waals surface area contributed by atoms with E-state index in [2.05, 4.69) is 28.8 Å². The normalized spacial score (nSPS) is 16.2. The average molecular weight is 250 g/mol. The molecule has 0 saturated heterocycles. The molecule has 1 atom stereocenters. The molecular formula is C13H22N4O. The van der Waals surface area contributed by atoms with Gasteiger partial charge in [-0.2, -0.15) is 0 Å². The second-order valence-corrected chi connectivity index (χ2v) is 5.08. The Balaban J connectivity index is 2.12. The minimum Gasteiger partial charge on any atom is -0.329 e. The van der Waals surface area contributed by atoms with Crippen LogP contribution in [-0.2, 0) is 17.6 Å². The van der Waals surface area contributed by atoms with E-state index >= 15 is 0 Å². The maximum atomic E-state index is 11.2. The van der Waals surface area contributed by atoms with Crippen molar-refractivity contribution in [3.63, 3.8) is 0 Å². The van der Waals surface area contributed by atoms with E-state index in [4.69, 9.17) is 5.84 Å². The van der Waals surface area contributed by atoms with Gasteiger partial charge in [-0.15, -0.1) is 0 Å². The third-order valence-corrected chi connectivity index (χ3v) is 3.74. The number of aromatic nitrogens is 2. The van der Waals surface area contributed by atoms with Crippen LogP contribution in [0.1, 0.15) is 55.9 Å². The summed E-state index contributed by atoms with van der Waals surface area (Å²) in [6, 6.07) is 0.302. The SMILES string of the molecule is Cc1nc2c(n1C(C)CCC(=O)NN)CCCC2. The van der Waals surface area contributed by atoms with Crippen LogP contribution in [-0.4, -0.2) is 15.5 Å². The number of amides is 1. The summed E-state index contributed by atoms with van der Waals surface area (Å²) in [5, 5.41) is 0. The lowest BCUT2D eigenvalue weighted by molar-refractivity contribution is -0.121. The van der Waals surface area contributed by atoms with E-state index in [9.17, 15) is 4.79 Å². The molecule has 1 unspecified atom stereocenters. The van der Waals surface area contributed by atoms with E-state index in [1.807, 2.05) is 0 Å². The first kappa shape index (κ1) is 13.1. The van der Waals surface area contributed by atoms with Crippen molar-refractivity contribution in [1.29, 1.82) is 0 Å². The summed E-state index contributed by atoms with van der Waals surface area (Å²) in [7, 11) is 0. The maximum absolute atomic E-state index is 11.2. The van der Waals surface area contributed by atoms with Gasteiger partial charge in [-0.1, -0.05) is 0 Å². The van der Waals surface area contributed by atoms with Crippen LogP contribution in [0.2, 0.25) is 0 Å². The molecule has 2 rings (SSSR count). The van der Waals surface area contributed by atoms with Gasteiger partial charge in [0.25, 0.3) is 0 Å². The number of hydrazine groups is 1. The van der Waals surface area contributed by atoms with Gasteiger partial charge in [0.2, 0.25) is 5.91 Å². The standard InChI is InChI=1S/C13H22N4O/c1-9(7-8-13(18)16-14)17-10(2)15-11-5-3-4-6-12(11)17/h9H,3-8,14H2,1-2H3,(H,16,18). The van der Waals surface area contributed by atoms with Crippen molar-refractivity contribution in [3.05, 3.63) is 17.2 Å². The summed E-state index contributed by atoms with van der Waals surface area (Å²) in [5.74, 6) is 6.07. The van der Waals surface area contributed by atoms with Crippen molar-refractivity contribution < 1.29 is 4.79 Å². The van der Waals surface area contributed by atoms with Crippen LogP contribution in [0, 0.1) is 6.92 Å². The number of nitrogens with one attached hydrogen (secondary N) is 1. The highest BCUT2D eigenvalue weighted by Crippen LogP contribution is 2.27. The van der Waals surface area contributed by atoms with E-state index in [-0.39, 0.29) is 5.91 Å². The van der Waals surface area contributed by atoms with Gasteiger partial charge in [-0.05, 0) is 46.0 Å². The fraction of sp³-hybridized carbons (Fsp3) is 0.692. The van der Waals surface area contributed by atoms with Crippen molar-refractivity contribution >= 4 is 5.91 Å². The molecule has 0 spiro atoms. The first-order chi connectivity index (χ1) is 8.63. The number of carbonyl (C=O) groups excluding carboxylic acids is 1. The van der Waals surface area contributed by atoms with Gasteiger partial charge >= 0.3 is 0 Å². The molecule has 0 aliphatic heterocycles. The summed E-state index contributed by atoms with van der Waals surface area (Å²) in [4.78, 5) is 15.9. The number of hydrogen-bond acceptors (Lipinski definition) is 3. The lowest BCUT2D eigenvalue weighted by Gasteiger charge is -2.20. The van der Waals surface area contributed by atoms with Crippen LogP contribution in [0.4, 0.5) is 0 Å². The number of imidazole rings is 1. The molecule has 1 aliphatic rings. The molecule has 18 heavy (non-hydrogen) atoms. The molecule has 1 aliphatic carbocycles. The highest BCUT2D eigenvalue weighted by molar-refractivity contribution is 5.75. The molecule has 1 aromatic rings. The van der Waals surface area contributed by atoms with E-state index in [0.717, 1.165) is 25.1 Å². The molecule has 0 bridgehead atoms. The first-order valence-corrected chi connectivity index (χ1v) is 6.69. The fourth-order valence-corrected chi connectivity index (χ4v) is 2.82. The number of carbonyl (C=O) groups is 1. The molecule has 5 heteroatoms. The van der Waals surface area contributed by atoms with E-state index < -0.39 is 0 Å². The summed E-state index contributed by atoms with van der Waals surface area (Å²) in [6.07, 6.45) is 5.96. The monoisotopic (exact) mass is 250 g/mol. The van der Waals surface area contributed by atoms with Crippen molar-refractivity contribution in [2.45, 2.75) is 58.4 Å². The zero-order chi connectivity index (χ0) is 13.1. The Hall–Kier alpha value is -1.36. The zero-order valence-corrected chi connectivity index (χ0v) is 11.2. The van der Waals surface area contributed by atoms with Crippen molar-refractivity contribution in [2.24, 2.45) is 5.84 Å². The Labute approximate surface area is 108 Å². The second-order valence-electron chi connectivity index (χ2n) is 5.08. The van der Waals surface area contributed by atoms with Crippen molar-refractivity contribution in [2.75, 3.05) is 0 Å². The number of nitrogens with two attached hydrogens (primary N) is 1. The van der Waals surface area contributed by atoms with Crippen LogP contribution < -0.4 is 11.3 Å².